The molecule has 0 aliphatic rings. The quantitative estimate of drug-likeness (QED) is 0.275. The molecule has 0 spiro atoms. The number of benzene rings is 2. The molecular weight excluding hydrogens is 442 g/mol. The number of hydrogen-bond acceptors (Lipinski definition) is 8. The van der Waals surface area contributed by atoms with Crippen LogP contribution in [0.3, 0.4) is 0 Å². The van der Waals surface area contributed by atoms with E-state index in [0.29, 0.717) is 34.5 Å². The van der Waals surface area contributed by atoms with Gasteiger partial charge in [0, 0.05) is 17.7 Å². The number of nitrogens with one attached hydrogen (secondary N) is 1. The van der Waals surface area contributed by atoms with Gasteiger partial charge in [-0.25, -0.2) is 5.43 Å². The van der Waals surface area contributed by atoms with Gasteiger partial charge in [0.2, 0.25) is 5.75 Å². The summed E-state index contributed by atoms with van der Waals surface area (Å²) < 4.78 is 17.9. The Bertz CT molecular complexity index is 1100. The molecule has 1 aromatic heterocycles. The summed E-state index contributed by atoms with van der Waals surface area (Å²) in [5.74, 6) is 2.17. The molecule has 0 saturated carbocycles. The summed E-state index contributed by atoms with van der Waals surface area (Å²) in [5.41, 5.74) is 5.38. The van der Waals surface area contributed by atoms with Crippen LogP contribution in [-0.4, -0.2) is 54.0 Å². The first-order chi connectivity index (χ1) is 16.0. The molecule has 1 N–H and O–H groups in total. The molecule has 0 fully saturated rings. The van der Waals surface area contributed by atoms with Crippen LogP contribution in [0.4, 0.5) is 0 Å². The van der Waals surface area contributed by atoms with Crippen LogP contribution < -0.4 is 19.6 Å². The average Bonchev–Trinajstić information content (AvgIpc) is 3.25. The van der Waals surface area contributed by atoms with E-state index in [2.05, 4.69) is 20.7 Å². The second kappa shape index (κ2) is 11.4. The molecule has 0 bridgehead atoms. The van der Waals surface area contributed by atoms with Crippen LogP contribution >= 0.6 is 11.8 Å². The zero-order chi connectivity index (χ0) is 23.8. The number of hydrazone groups is 1. The van der Waals surface area contributed by atoms with Gasteiger partial charge in [-0.3, -0.25) is 4.79 Å². The number of nitrogens with zero attached hydrogens (tertiary/aromatic N) is 4. The lowest BCUT2D eigenvalue weighted by molar-refractivity contribution is -0.118. The van der Waals surface area contributed by atoms with Crippen molar-refractivity contribution in [2.75, 3.05) is 27.1 Å². The topological polar surface area (TPSA) is 99.9 Å². The lowest BCUT2D eigenvalue weighted by atomic mass is 10.1. The normalized spacial score (nSPS) is 10.9. The summed E-state index contributed by atoms with van der Waals surface area (Å²) in [5, 5.41) is 13.3. The maximum Gasteiger partial charge on any atom is 0.250 e. The predicted octanol–water partition coefficient (Wildman–Crippen LogP) is 3.54. The molecule has 0 aliphatic heterocycles. The number of aryl methyl sites for hydroxylation is 1. The minimum atomic E-state index is -0.258. The third kappa shape index (κ3) is 5.83. The SMILES string of the molecule is CCn1c(SCC(=O)N/N=C\c2cc(OC)c(OC)c(OC)c2)nnc1-c1ccc(C)cc1. The van der Waals surface area contributed by atoms with Gasteiger partial charge >= 0.3 is 0 Å². The van der Waals surface area contributed by atoms with Gasteiger partial charge in [-0.2, -0.15) is 5.10 Å². The first-order valence-corrected chi connectivity index (χ1v) is 11.2. The highest BCUT2D eigenvalue weighted by Gasteiger charge is 2.15. The lowest BCUT2D eigenvalue weighted by Gasteiger charge is -2.12. The number of methoxy groups -OCH3 is 3. The van der Waals surface area contributed by atoms with E-state index in [9.17, 15) is 4.79 Å². The van der Waals surface area contributed by atoms with Gasteiger partial charge in [-0.1, -0.05) is 41.6 Å². The smallest absolute Gasteiger partial charge is 0.250 e. The monoisotopic (exact) mass is 469 g/mol. The fourth-order valence-corrected chi connectivity index (χ4v) is 3.91. The fourth-order valence-electron chi connectivity index (χ4n) is 3.11. The fraction of sp³-hybridized carbons (Fsp3) is 0.304. The van der Waals surface area contributed by atoms with Crippen molar-refractivity contribution in [2.45, 2.75) is 25.5 Å². The summed E-state index contributed by atoms with van der Waals surface area (Å²) in [4.78, 5) is 12.3. The third-order valence-corrected chi connectivity index (χ3v) is 5.73. The van der Waals surface area contributed by atoms with Crippen molar-refractivity contribution < 1.29 is 19.0 Å². The number of carbonyl (C=O) groups excluding carboxylic acids is 1. The van der Waals surface area contributed by atoms with E-state index in [0.717, 1.165) is 11.4 Å². The number of aromatic nitrogens is 3. The van der Waals surface area contributed by atoms with E-state index in [1.165, 1.54) is 44.9 Å². The third-order valence-electron chi connectivity index (χ3n) is 4.77. The maximum absolute atomic E-state index is 12.3. The molecule has 1 heterocycles. The molecular formula is C23H27N5O4S. The Labute approximate surface area is 197 Å². The second-order valence-electron chi connectivity index (χ2n) is 6.96. The van der Waals surface area contributed by atoms with E-state index >= 15 is 0 Å². The van der Waals surface area contributed by atoms with E-state index in [-0.39, 0.29) is 11.7 Å². The highest BCUT2D eigenvalue weighted by Crippen LogP contribution is 2.37. The number of rotatable bonds is 10. The molecule has 174 valence electrons. The first kappa shape index (κ1) is 24.1. The first-order valence-electron chi connectivity index (χ1n) is 10.3. The largest absolute Gasteiger partial charge is 0.493 e. The molecule has 0 unspecified atom stereocenters. The molecule has 0 radical (unpaired) electrons. The Morgan fingerprint density at radius 3 is 2.33 bits per heavy atom. The van der Waals surface area contributed by atoms with Crippen LogP contribution in [0.5, 0.6) is 17.2 Å². The number of amides is 1. The summed E-state index contributed by atoms with van der Waals surface area (Å²) in [6.07, 6.45) is 1.51. The Hall–Kier alpha value is -3.53. The number of ether oxygens (including phenoxy) is 3. The Kier molecular flexibility index (Phi) is 8.31. The predicted molar refractivity (Wildman–Crippen MR) is 128 cm³/mol. The van der Waals surface area contributed by atoms with Crippen molar-refractivity contribution in [3.05, 3.63) is 47.5 Å². The summed E-state index contributed by atoms with van der Waals surface area (Å²) in [7, 11) is 4.61. The maximum atomic E-state index is 12.3. The van der Waals surface area contributed by atoms with Crippen LogP contribution in [0.1, 0.15) is 18.1 Å². The van der Waals surface area contributed by atoms with Crippen molar-refractivity contribution >= 4 is 23.9 Å². The van der Waals surface area contributed by atoms with E-state index in [4.69, 9.17) is 14.2 Å². The van der Waals surface area contributed by atoms with Crippen LogP contribution in [0.15, 0.2) is 46.7 Å². The van der Waals surface area contributed by atoms with Crippen LogP contribution in [-0.2, 0) is 11.3 Å². The Balaban J connectivity index is 1.62. The van der Waals surface area contributed by atoms with E-state index in [1.807, 2.05) is 42.7 Å². The standard InChI is InChI=1S/C23H27N5O4S/c1-6-28-22(17-9-7-15(2)8-10-17)26-27-23(28)33-14-20(29)25-24-13-16-11-18(30-3)21(32-5)19(12-16)31-4/h7-13H,6,14H2,1-5H3,(H,25,29)/b24-13-. The molecule has 1 amide bonds. The van der Waals surface area contributed by atoms with Crippen molar-refractivity contribution in [2.24, 2.45) is 5.10 Å². The minimum absolute atomic E-state index is 0.151. The molecule has 9 nitrogen and oxygen atoms in total. The van der Waals surface area contributed by atoms with Gasteiger partial charge in [-0.05, 0) is 26.0 Å². The lowest BCUT2D eigenvalue weighted by Crippen LogP contribution is -2.20. The number of carbonyl (C=O) groups is 1. The van der Waals surface area contributed by atoms with Crippen molar-refractivity contribution in [1.82, 2.24) is 20.2 Å². The van der Waals surface area contributed by atoms with Gasteiger partial charge in [-0.15, -0.1) is 10.2 Å². The molecule has 0 atom stereocenters. The molecule has 2 aromatic carbocycles. The van der Waals surface area contributed by atoms with E-state index in [1.54, 1.807) is 12.1 Å². The van der Waals surface area contributed by atoms with Crippen molar-refractivity contribution in [1.29, 1.82) is 0 Å². The average molecular weight is 470 g/mol. The van der Waals surface area contributed by atoms with Crippen molar-refractivity contribution in [3.8, 4) is 28.6 Å². The Morgan fingerprint density at radius 1 is 1.09 bits per heavy atom. The number of thioether (sulfide) groups is 1. The molecule has 33 heavy (non-hydrogen) atoms. The van der Waals surface area contributed by atoms with Crippen LogP contribution in [0.2, 0.25) is 0 Å². The Morgan fingerprint density at radius 2 is 1.76 bits per heavy atom. The zero-order valence-corrected chi connectivity index (χ0v) is 20.1. The molecule has 0 saturated heterocycles. The van der Waals surface area contributed by atoms with Gasteiger partial charge in [0.1, 0.15) is 0 Å². The summed E-state index contributed by atoms with van der Waals surface area (Å²) >= 11 is 1.31. The van der Waals surface area contributed by atoms with Gasteiger partial charge < -0.3 is 18.8 Å². The minimum Gasteiger partial charge on any atom is -0.493 e. The van der Waals surface area contributed by atoms with Crippen LogP contribution in [0.25, 0.3) is 11.4 Å². The second-order valence-corrected chi connectivity index (χ2v) is 7.90. The number of hydrogen-bond donors (Lipinski definition) is 1. The zero-order valence-electron chi connectivity index (χ0n) is 19.3. The molecule has 3 rings (SSSR count). The molecule has 10 heteroatoms. The molecule has 3 aromatic rings. The highest BCUT2D eigenvalue weighted by atomic mass is 32.2. The highest BCUT2D eigenvalue weighted by molar-refractivity contribution is 7.99. The van der Waals surface area contributed by atoms with Gasteiger partial charge in [0.15, 0.2) is 22.5 Å². The van der Waals surface area contributed by atoms with Gasteiger partial charge in [0.05, 0.1) is 33.3 Å². The van der Waals surface area contributed by atoms with Crippen molar-refractivity contribution in [3.63, 3.8) is 0 Å². The molecule has 0 aliphatic carbocycles. The van der Waals surface area contributed by atoms with Gasteiger partial charge in [0.25, 0.3) is 5.91 Å². The summed E-state index contributed by atoms with van der Waals surface area (Å²) in [6.45, 7) is 4.75. The van der Waals surface area contributed by atoms with Crippen LogP contribution in [0, 0.1) is 6.92 Å². The summed E-state index contributed by atoms with van der Waals surface area (Å²) in [6, 6.07) is 11.6. The van der Waals surface area contributed by atoms with E-state index < -0.39 is 0 Å².